The van der Waals surface area contributed by atoms with Gasteiger partial charge >= 0.3 is 12.0 Å². The van der Waals surface area contributed by atoms with E-state index in [1.165, 1.54) is 0 Å². The van der Waals surface area contributed by atoms with E-state index in [1.54, 1.807) is 24.3 Å². The number of aliphatic hydroxyl groups is 1. The van der Waals surface area contributed by atoms with Crippen LogP contribution in [-0.2, 0) is 4.79 Å². The van der Waals surface area contributed by atoms with Crippen molar-refractivity contribution in [2.24, 2.45) is 0 Å². The van der Waals surface area contributed by atoms with Crippen molar-refractivity contribution in [3.8, 4) is 0 Å². The largest absolute Gasteiger partial charge is 0.479 e. The zero-order valence-corrected chi connectivity index (χ0v) is 10.3. The van der Waals surface area contributed by atoms with Crippen molar-refractivity contribution in [3.05, 3.63) is 28.7 Å². The van der Waals surface area contributed by atoms with Gasteiger partial charge in [-0.3, -0.25) is 0 Å². The third kappa shape index (κ3) is 4.41. The molecule has 1 aromatic rings. The minimum absolute atomic E-state index is 0.356. The zero-order valence-electron chi connectivity index (χ0n) is 8.68. The molecular formula is C10H11BrN2O4. The first-order valence-electron chi connectivity index (χ1n) is 4.71. The Labute approximate surface area is 106 Å². The molecule has 0 aliphatic carbocycles. The molecule has 2 amide bonds. The fourth-order valence-corrected chi connectivity index (χ4v) is 1.39. The second kappa shape index (κ2) is 6.21. The minimum Gasteiger partial charge on any atom is -0.479 e. The number of nitrogens with one attached hydrogen (secondary N) is 2. The molecule has 6 nitrogen and oxygen atoms in total. The van der Waals surface area contributed by atoms with Crippen molar-refractivity contribution in [3.63, 3.8) is 0 Å². The van der Waals surface area contributed by atoms with Crippen molar-refractivity contribution < 1.29 is 19.8 Å². The molecule has 1 aromatic carbocycles. The number of anilines is 1. The Bertz CT molecular complexity index is 425. The fraction of sp³-hybridized carbons (Fsp3) is 0.200. The second-order valence-electron chi connectivity index (χ2n) is 3.17. The van der Waals surface area contributed by atoms with E-state index in [9.17, 15) is 9.59 Å². The van der Waals surface area contributed by atoms with E-state index < -0.39 is 18.1 Å². The summed E-state index contributed by atoms with van der Waals surface area (Å²) in [6, 6.07) is 6.38. The summed E-state index contributed by atoms with van der Waals surface area (Å²) < 4.78 is 0.703. The van der Waals surface area contributed by atoms with Crippen LogP contribution in [0, 0.1) is 0 Å². The summed E-state index contributed by atoms with van der Waals surface area (Å²) in [6.45, 7) is -0.356. The zero-order chi connectivity index (χ0) is 12.8. The predicted molar refractivity (Wildman–Crippen MR) is 64.8 cm³/mol. The standard InChI is InChI=1S/C10H11BrN2O4/c11-6-3-1-2-4-7(6)13-10(17)12-5-8(14)9(15)16/h1-4,8,14H,5H2,(H,15,16)(H2,12,13,17)/t8-/m0/s1. The van der Waals surface area contributed by atoms with E-state index in [0.717, 1.165) is 0 Å². The molecule has 0 radical (unpaired) electrons. The number of halogens is 1. The fourth-order valence-electron chi connectivity index (χ4n) is 1.01. The van der Waals surface area contributed by atoms with Crippen LogP contribution in [0.25, 0.3) is 0 Å². The van der Waals surface area contributed by atoms with Crippen molar-refractivity contribution in [2.45, 2.75) is 6.10 Å². The Balaban J connectivity index is 2.46. The molecule has 0 aromatic heterocycles. The average molecular weight is 303 g/mol. The van der Waals surface area contributed by atoms with Gasteiger partial charge in [0.05, 0.1) is 12.2 Å². The number of carboxylic acid groups (broad SMARTS) is 1. The molecule has 0 bridgehead atoms. The summed E-state index contributed by atoms with van der Waals surface area (Å²) >= 11 is 3.24. The van der Waals surface area contributed by atoms with Crippen molar-refractivity contribution >= 4 is 33.6 Å². The number of rotatable bonds is 4. The number of aliphatic hydroxyl groups excluding tert-OH is 1. The lowest BCUT2D eigenvalue weighted by Crippen LogP contribution is -2.38. The summed E-state index contributed by atoms with van der Waals surface area (Å²) in [5, 5.41) is 22.1. The molecule has 0 saturated carbocycles. The molecule has 0 spiro atoms. The van der Waals surface area contributed by atoms with Crippen LogP contribution in [0.1, 0.15) is 0 Å². The number of carbonyl (C=O) groups excluding carboxylic acids is 1. The van der Waals surface area contributed by atoms with E-state index >= 15 is 0 Å². The summed E-state index contributed by atoms with van der Waals surface area (Å²) in [6.07, 6.45) is -1.61. The normalized spacial score (nSPS) is 11.6. The van der Waals surface area contributed by atoms with E-state index in [4.69, 9.17) is 10.2 Å². The summed E-state index contributed by atoms with van der Waals surface area (Å²) in [5.74, 6) is -1.38. The van der Waals surface area contributed by atoms with Crippen LogP contribution < -0.4 is 10.6 Å². The first-order chi connectivity index (χ1) is 8.00. The Morgan fingerprint density at radius 2 is 2.00 bits per heavy atom. The lowest BCUT2D eigenvalue weighted by Gasteiger charge is -2.10. The van der Waals surface area contributed by atoms with Gasteiger partial charge in [-0.05, 0) is 28.1 Å². The van der Waals surface area contributed by atoms with E-state index in [1.807, 2.05) is 0 Å². The Morgan fingerprint density at radius 1 is 1.35 bits per heavy atom. The lowest BCUT2D eigenvalue weighted by atomic mass is 10.3. The molecule has 1 atom stereocenters. The number of carbonyl (C=O) groups is 2. The van der Waals surface area contributed by atoms with Crippen LogP contribution in [0.4, 0.5) is 10.5 Å². The number of benzene rings is 1. The Hall–Kier alpha value is -1.60. The van der Waals surface area contributed by atoms with Crippen LogP contribution in [0.5, 0.6) is 0 Å². The Morgan fingerprint density at radius 3 is 2.59 bits per heavy atom. The highest BCUT2D eigenvalue weighted by molar-refractivity contribution is 9.10. The highest BCUT2D eigenvalue weighted by Crippen LogP contribution is 2.20. The molecule has 0 fully saturated rings. The van der Waals surface area contributed by atoms with Gasteiger partial charge in [-0.1, -0.05) is 12.1 Å². The van der Waals surface area contributed by atoms with Gasteiger partial charge in [-0.2, -0.15) is 0 Å². The molecule has 1 rings (SSSR count). The van der Waals surface area contributed by atoms with Crippen molar-refractivity contribution in [1.29, 1.82) is 0 Å². The van der Waals surface area contributed by atoms with E-state index in [0.29, 0.717) is 10.2 Å². The SMILES string of the molecule is O=C(NC[C@H](O)C(=O)O)Nc1ccccc1Br. The summed E-state index contributed by atoms with van der Waals surface area (Å²) in [4.78, 5) is 21.6. The average Bonchev–Trinajstić information content (AvgIpc) is 2.29. The van der Waals surface area contributed by atoms with Gasteiger partial charge in [-0.15, -0.1) is 0 Å². The van der Waals surface area contributed by atoms with Gasteiger partial charge in [0.25, 0.3) is 0 Å². The maximum atomic E-state index is 11.3. The molecule has 0 aliphatic heterocycles. The van der Waals surface area contributed by atoms with E-state index in [2.05, 4.69) is 26.6 Å². The number of amides is 2. The number of urea groups is 1. The summed E-state index contributed by atoms with van der Waals surface area (Å²) in [5.41, 5.74) is 0.551. The molecule has 0 aliphatic rings. The van der Waals surface area contributed by atoms with Crippen molar-refractivity contribution in [2.75, 3.05) is 11.9 Å². The number of hydrogen-bond donors (Lipinski definition) is 4. The predicted octanol–water partition coefficient (Wildman–Crippen LogP) is 1.02. The molecule has 7 heteroatoms. The van der Waals surface area contributed by atoms with Gasteiger partial charge in [0, 0.05) is 4.47 Å². The molecule has 92 valence electrons. The van der Waals surface area contributed by atoms with Crippen molar-refractivity contribution in [1.82, 2.24) is 5.32 Å². The number of hydrogen-bond acceptors (Lipinski definition) is 3. The van der Waals surface area contributed by atoms with Crippen LogP contribution in [0.3, 0.4) is 0 Å². The maximum Gasteiger partial charge on any atom is 0.334 e. The monoisotopic (exact) mass is 302 g/mol. The number of aliphatic carboxylic acids is 1. The summed E-state index contributed by atoms with van der Waals surface area (Å²) in [7, 11) is 0. The van der Waals surface area contributed by atoms with E-state index in [-0.39, 0.29) is 6.54 Å². The third-order valence-corrected chi connectivity index (χ3v) is 2.55. The number of carboxylic acids is 1. The number of para-hydroxylation sites is 1. The first-order valence-corrected chi connectivity index (χ1v) is 5.50. The van der Waals surface area contributed by atoms with Gasteiger partial charge in [0.15, 0.2) is 6.10 Å². The topological polar surface area (TPSA) is 98.7 Å². The maximum absolute atomic E-state index is 11.3. The van der Waals surface area contributed by atoms with Crippen LogP contribution in [0.2, 0.25) is 0 Å². The van der Waals surface area contributed by atoms with Crippen LogP contribution in [0.15, 0.2) is 28.7 Å². The third-order valence-electron chi connectivity index (χ3n) is 1.86. The molecule has 0 heterocycles. The lowest BCUT2D eigenvalue weighted by molar-refractivity contribution is -0.146. The van der Waals surface area contributed by atoms with Crippen LogP contribution >= 0.6 is 15.9 Å². The van der Waals surface area contributed by atoms with Gasteiger partial charge < -0.3 is 20.8 Å². The molecular weight excluding hydrogens is 292 g/mol. The van der Waals surface area contributed by atoms with Crippen LogP contribution in [-0.4, -0.2) is 34.9 Å². The molecule has 0 unspecified atom stereocenters. The molecule has 4 N–H and O–H groups in total. The van der Waals surface area contributed by atoms with Gasteiger partial charge in [0.2, 0.25) is 0 Å². The highest BCUT2D eigenvalue weighted by atomic mass is 79.9. The van der Waals surface area contributed by atoms with Gasteiger partial charge in [-0.25, -0.2) is 9.59 Å². The Kier molecular flexibility index (Phi) is 4.92. The molecule has 17 heavy (non-hydrogen) atoms. The molecule has 0 saturated heterocycles. The quantitative estimate of drug-likeness (QED) is 0.667. The minimum atomic E-state index is -1.61. The highest BCUT2D eigenvalue weighted by Gasteiger charge is 2.14. The van der Waals surface area contributed by atoms with Gasteiger partial charge in [0.1, 0.15) is 0 Å². The first kappa shape index (κ1) is 13.5. The smallest absolute Gasteiger partial charge is 0.334 e. The second-order valence-corrected chi connectivity index (χ2v) is 4.02.